The lowest BCUT2D eigenvalue weighted by Gasteiger charge is -2.13. The smallest absolute Gasteiger partial charge is 0.264 e. The average molecular weight is 451 g/mol. The predicted molar refractivity (Wildman–Crippen MR) is 125 cm³/mol. The molecule has 3 aromatic heterocycles. The molecule has 1 aliphatic carbocycles. The molecule has 0 saturated heterocycles. The Kier molecular flexibility index (Phi) is 4.02. The van der Waals surface area contributed by atoms with Crippen molar-refractivity contribution in [2.24, 2.45) is 0 Å². The van der Waals surface area contributed by atoms with Gasteiger partial charge in [0.1, 0.15) is 0 Å². The van der Waals surface area contributed by atoms with Gasteiger partial charge >= 0.3 is 0 Å². The van der Waals surface area contributed by atoms with Crippen LogP contribution in [-0.4, -0.2) is 41.9 Å². The molecule has 0 atom stereocenters. The zero-order valence-electron chi connectivity index (χ0n) is 18.5. The van der Waals surface area contributed by atoms with E-state index >= 15 is 0 Å². The first-order valence-corrected chi connectivity index (χ1v) is 11.4. The summed E-state index contributed by atoms with van der Waals surface area (Å²) in [6.45, 7) is 3.18. The van der Waals surface area contributed by atoms with E-state index in [-0.39, 0.29) is 5.91 Å². The van der Waals surface area contributed by atoms with Crippen molar-refractivity contribution >= 4 is 22.9 Å². The Morgan fingerprint density at radius 3 is 2.68 bits per heavy atom. The van der Waals surface area contributed by atoms with Crippen LogP contribution in [0.5, 0.6) is 0 Å². The van der Waals surface area contributed by atoms with Crippen molar-refractivity contribution in [2.45, 2.75) is 32.2 Å². The SMILES string of the molecule is Cc1nn(-c2ccc(-c3noc(C4CC4)n3)cc2)cc1C(=O)N1CCn2c1nc1ccccc12. The highest BCUT2D eigenvalue weighted by Crippen LogP contribution is 2.39. The molecule has 34 heavy (non-hydrogen) atoms. The molecule has 168 valence electrons. The Hall–Kier alpha value is -4.27. The second kappa shape index (κ2) is 7.11. The normalized spacial score (nSPS) is 15.3. The van der Waals surface area contributed by atoms with Gasteiger partial charge in [0.05, 0.1) is 28.0 Å². The van der Waals surface area contributed by atoms with Gasteiger partial charge in [-0.25, -0.2) is 9.67 Å². The molecular weight excluding hydrogens is 430 g/mol. The molecular formula is C25H21N7O2. The zero-order chi connectivity index (χ0) is 22.8. The van der Waals surface area contributed by atoms with Gasteiger partial charge in [-0.15, -0.1) is 0 Å². The maximum atomic E-state index is 13.4. The van der Waals surface area contributed by atoms with Gasteiger partial charge < -0.3 is 9.09 Å². The molecule has 9 heteroatoms. The number of carbonyl (C=O) groups excluding carboxylic acids is 1. The van der Waals surface area contributed by atoms with Gasteiger partial charge in [-0.1, -0.05) is 17.3 Å². The Bertz CT molecular complexity index is 1560. The van der Waals surface area contributed by atoms with Crippen LogP contribution in [0.15, 0.2) is 59.3 Å². The number of carbonyl (C=O) groups is 1. The van der Waals surface area contributed by atoms with Crippen molar-refractivity contribution in [3.63, 3.8) is 0 Å². The van der Waals surface area contributed by atoms with Crippen LogP contribution in [-0.2, 0) is 6.54 Å². The quantitative estimate of drug-likeness (QED) is 0.408. The summed E-state index contributed by atoms with van der Waals surface area (Å²) in [4.78, 5) is 24.4. The average Bonchev–Trinajstić information content (AvgIpc) is 3.19. The van der Waals surface area contributed by atoms with Gasteiger partial charge in [-0.2, -0.15) is 10.1 Å². The molecule has 2 aromatic carbocycles. The minimum Gasteiger partial charge on any atom is -0.339 e. The van der Waals surface area contributed by atoms with Crippen LogP contribution in [0.4, 0.5) is 5.95 Å². The van der Waals surface area contributed by atoms with Crippen LogP contribution >= 0.6 is 0 Å². The fourth-order valence-electron chi connectivity index (χ4n) is 4.54. The Morgan fingerprint density at radius 1 is 1.03 bits per heavy atom. The monoisotopic (exact) mass is 451 g/mol. The van der Waals surface area contributed by atoms with E-state index in [1.165, 1.54) is 0 Å². The van der Waals surface area contributed by atoms with E-state index in [9.17, 15) is 4.79 Å². The second-order valence-corrected chi connectivity index (χ2v) is 8.86. The molecule has 1 saturated carbocycles. The summed E-state index contributed by atoms with van der Waals surface area (Å²) >= 11 is 0. The van der Waals surface area contributed by atoms with E-state index in [1.807, 2.05) is 55.5 Å². The molecule has 7 rings (SSSR count). The van der Waals surface area contributed by atoms with Crippen molar-refractivity contribution in [1.82, 2.24) is 29.5 Å². The number of hydrogen-bond donors (Lipinski definition) is 0. The number of imidazole rings is 1. The van der Waals surface area contributed by atoms with E-state index in [1.54, 1.807) is 15.8 Å². The Morgan fingerprint density at radius 2 is 1.85 bits per heavy atom. The lowest BCUT2D eigenvalue weighted by atomic mass is 10.2. The summed E-state index contributed by atoms with van der Waals surface area (Å²) in [6.07, 6.45) is 4.03. The number of nitrogens with zero attached hydrogens (tertiary/aromatic N) is 7. The molecule has 4 heterocycles. The fourth-order valence-corrected chi connectivity index (χ4v) is 4.54. The first kappa shape index (κ1) is 19.2. The second-order valence-electron chi connectivity index (χ2n) is 8.86. The number of amides is 1. The summed E-state index contributed by atoms with van der Waals surface area (Å²) in [5.74, 6) is 2.34. The molecule has 1 amide bonds. The van der Waals surface area contributed by atoms with Crippen LogP contribution in [0.2, 0.25) is 0 Å². The zero-order valence-corrected chi connectivity index (χ0v) is 18.5. The summed E-state index contributed by atoms with van der Waals surface area (Å²) < 4.78 is 9.20. The molecule has 1 aliphatic heterocycles. The number of hydrogen-bond acceptors (Lipinski definition) is 6. The number of para-hydroxylation sites is 2. The van der Waals surface area contributed by atoms with E-state index < -0.39 is 0 Å². The third-order valence-corrected chi connectivity index (χ3v) is 6.56. The third-order valence-electron chi connectivity index (χ3n) is 6.56. The first-order valence-electron chi connectivity index (χ1n) is 11.4. The molecule has 0 radical (unpaired) electrons. The van der Waals surface area contributed by atoms with E-state index in [2.05, 4.69) is 19.8 Å². The van der Waals surface area contributed by atoms with Crippen LogP contribution in [0.1, 0.15) is 40.7 Å². The number of anilines is 1. The van der Waals surface area contributed by atoms with Gasteiger partial charge in [0.25, 0.3) is 5.91 Å². The molecule has 9 nitrogen and oxygen atoms in total. The number of rotatable bonds is 4. The molecule has 0 N–H and O–H groups in total. The first-order chi connectivity index (χ1) is 16.7. The highest BCUT2D eigenvalue weighted by molar-refractivity contribution is 6.07. The van der Waals surface area contributed by atoms with Crippen LogP contribution in [0.25, 0.3) is 28.1 Å². The largest absolute Gasteiger partial charge is 0.339 e. The predicted octanol–water partition coefficient (Wildman–Crippen LogP) is 4.12. The lowest BCUT2D eigenvalue weighted by molar-refractivity contribution is 0.0988. The Labute approximate surface area is 194 Å². The van der Waals surface area contributed by atoms with Crippen molar-refractivity contribution in [2.75, 3.05) is 11.4 Å². The van der Waals surface area contributed by atoms with Crippen molar-refractivity contribution < 1.29 is 9.32 Å². The van der Waals surface area contributed by atoms with Gasteiger partial charge in [-0.3, -0.25) is 9.69 Å². The molecule has 1 fully saturated rings. The van der Waals surface area contributed by atoms with Gasteiger partial charge in [0.15, 0.2) is 0 Å². The van der Waals surface area contributed by atoms with E-state index in [4.69, 9.17) is 9.51 Å². The molecule has 5 aromatic rings. The number of benzene rings is 2. The third kappa shape index (κ3) is 2.97. The summed E-state index contributed by atoms with van der Waals surface area (Å²) in [5.41, 5.74) is 4.92. The molecule has 2 aliphatic rings. The van der Waals surface area contributed by atoms with Gasteiger partial charge in [0, 0.05) is 30.8 Å². The Balaban J connectivity index is 1.16. The van der Waals surface area contributed by atoms with Crippen molar-refractivity contribution in [3.05, 3.63) is 71.9 Å². The number of aryl methyl sites for hydroxylation is 1. The minimum atomic E-state index is -0.0890. The molecule has 0 unspecified atom stereocenters. The molecule has 0 spiro atoms. The maximum absolute atomic E-state index is 13.4. The van der Waals surface area contributed by atoms with Gasteiger partial charge in [0.2, 0.25) is 17.7 Å². The number of aromatic nitrogens is 6. The van der Waals surface area contributed by atoms with Crippen molar-refractivity contribution in [1.29, 1.82) is 0 Å². The standard InChI is InChI=1S/C25H21N7O2/c1-15-19(24(33)31-13-12-30-21-5-3-2-4-20(21)26-25(30)31)14-32(28-15)18-10-8-16(9-11-18)22-27-23(34-29-22)17-6-7-17/h2-5,8-11,14,17H,6-7,12-13H2,1H3. The molecule has 0 bridgehead atoms. The highest BCUT2D eigenvalue weighted by Gasteiger charge is 2.31. The minimum absolute atomic E-state index is 0.0890. The summed E-state index contributed by atoms with van der Waals surface area (Å²) in [6, 6.07) is 15.7. The topological polar surface area (TPSA) is 94.9 Å². The van der Waals surface area contributed by atoms with Gasteiger partial charge in [-0.05, 0) is 56.2 Å². The lowest BCUT2D eigenvalue weighted by Crippen LogP contribution is -2.29. The van der Waals surface area contributed by atoms with Crippen molar-refractivity contribution in [3.8, 4) is 17.1 Å². The highest BCUT2D eigenvalue weighted by atomic mass is 16.5. The van der Waals surface area contributed by atoms with Crippen LogP contribution in [0, 0.1) is 6.92 Å². The number of fused-ring (bicyclic) bond motifs is 3. The van der Waals surface area contributed by atoms with Crippen LogP contribution < -0.4 is 4.90 Å². The maximum Gasteiger partial charge on any atom is 0.264 e. The summed E-state index contributed by atoms with van der Waals surface area (Å²) in [7, 11) is 0. The fraction of sp³-hybridized carbons (Fsp3) is 0.240. The summed E-state index contributed by atoms with van der Waals surface area (Å²) in [5, 5.41) is 8.71. The van der Waals surface area contributed by atoms with Crippen LogP contribution in [0.3, 0.4) is 0 Å². The van der Waals surface area contributed by atoms with E-state index in [0.717, 1.165) is 47.6 Å². The van der Waals surface area contributed by atoms with E-state index in [0.29, 0.717) is 35.5 Å².